The van der Waals surface area contributed by atoms with Crippen LogP contribution in [0.5, 0.6) is 0 Å². The third kappa shape index (κ3) is 3.05. The minimum atomic E-state index is -0.285. The van der Waals surface area contributed by atoms with Crippen molar-refractivity contribution in [3.63, 3.8) is 0 Å². The van der Waals surface area contributed by atoms with Crippen molar-refractivity contribution in [3.8, 4) is 0 Å². The van der Waals surface area contributed by atoms with E-state index in [0.29, 0.717) is 5.69 Å². The number of nitrogens with one attached hydrogen (secondary N) is 2. The van der Waals surface area contributed by atoms with Crippen LogP contribution in [-0.4, -0.2) is 34.8 Å². The summed E-state index contributed by atoms with van der Waals surface area (Å²) >= 11 is 0. The number of rotatable bonds is 3. The predicted molar refractivity (Wildman–Crippen MR) is 80.5 cm³/mol. The van der Waals surface area contributed by atoms with Crippen molar-refractivity contribution in [2.24, 2.45) is 4.99 Å². The molecule has 0 fully saturated rings. The van der Waals surface area contributed by atoms with Crippen LogP contribution in [0.15, 0.2) is 47.8 Å². The number of benzene rings is 1. The van der Waals surface area contributed by atoms with Crippen molar-refractivity contribution in [2.75, 3.05) is 18.4 Å². The van der Waals surface area contributed by atoms with Crippen molar-refractivity contribution in [3.05, 3.63) is 54.1 Å². The molecule has 2 N–H and O–H groups in total. The minimum absolute atomic E-state index is 0.283. The van der Waals surface area contributed by atoms with E-state index in [1.165, 1.54) is 18.6 Å². The van der Waals surface area contributed by atoms with E-state index in [-0.39, 0.29) is 11.6 Å². The lowest BCUT2D eigenvalue weighted by molar-refractivity contribution is 0.102. The average Bonchev–Trinajstić information content (AvgIpc) is 2.57. The third-order valence-electron chi connectivity index (χ3n) is 3.12. The number of carbonyl (C=O) groups excluding carboxylic acids is 1. The first-order valence-corrected chi connectivity index (χ1v) is 6.80. The van der Waals surface area contributed by atoms with E-state index < -0.39 is 0 Å². The molecule has 6 heteroatoms. The zero-order valence-electron chi connectivity index (χ0n) is 11.4. The third-order valence-corrected chi connectivity index (χ3v) is 3.12. The highest BCUT2D eigenvalue weighted by Gasteiger charge is 2.14. The molecule has 21 heavy (non-hydrogen) atoms. The van der Waals surface area contributed by atoms with Gasteiger partial charge in [0.1, 0.15) is 11.5 Å². The highest BCUT2D eigenvalue weighted by molar-refractivity contribution is 6.09. The van der Waals surface area contributed by atoms with Crippen molar-refractivity contribution in [2.45, 2.75) is 6.42 Å². The first kappa shape index (κ1) is 13.2. The Balaban J connectivity index is 1.86. The molecule has 1 aliphatic rings. The van der Waals surface area contributed by atoms with Crippen LogP contribution in [0.3, 0.4) is 0 Å². The lowest BCUT2D eigenvalue weighted by atomic mass is 10.1. The molecule has 1 aromatic heterocycles. The fourth-order valence-corrected chi connectivity index (χ4v) is 2.11. The average molecular weight is 281 g/mol. The van der Waals surface area contributed by atoms with Crippen molar-refractivity contribution in [1.29, 1.82) is 0 Å². The highest BCUT2D eigenvalue weighted by atomic mass is 16.1. The Kier molecular flexibility index (Phi) is 3.86. The molecule has 2 aromatic rings. The lowest BCUT2D eigenvalue weighted by Crippen LogP contribution is -2.31. The van der Waals surface area contributed by atoms with Crippen LogP contribution < -0.4 is 10.6 Å². The van der Waals surface area contributed by atoms with Crippen LogP contribution in [0, 0.1) is 0 Å². The summed E-state index contributed by atoms with van der Waals surface area (Å²) < 4.78 is 0. The maximum Gasteiger partial charge on any atom is 0.275 e. The molecule has 0 unspecified atom stereocenters. The van der Waals surface area contributed by atoms with Gasteiger partial charge in [0, 0.05) is 31.0 Å². The summed E-state index contributed by atoms with van der Waals surface area (Å²) in [6, 6.07) is 7.58. The van der Waals surface area contributed by atoms with Crippen molar-refractivity contribution >= 4 is 17.4 Å². The molecule has 0 saturated carbocycles. The maximum atomic E-state index is 12.2. The lowest BCUT2D eigenvalue weighted by Gasteiger charge is -2.17. The number of hydrogen-bond donors (Lipinski definition) is 2. The second-order valence-electron chi connectivity index (χ2n) is 4.60. The van der Waals surface area contributed by atoms with Gasteiger partial charge in [-0.3, -0.25) is 14.8 Å². The van der Waals surface area contributed by atoms with Crippen LogP contribution in [0.1, 0.15) is 22.5 Å². The smallest absolute Gasteiger partial charge is 0.275 e. The van der Waals surface area contributed by atoms with Crippen LogP contribution in [-0.2, 0) is 0 Å². The number of carbonyl (C=O) groups is 1. The predicted octanol–water partition coefficient (Wildman–Crippen LogP) is 1.47. The summed E-state index contributed by atoms with van der Waals surface area (Å²) in [7, 11) is 0. The largest absolute Gasteiger partial charge is 0.370 e. The normalized spacial score (nSPS) is 14.0. The molecule has 0 bridgehead atoms. The van der Waals surface area contributed by atoms with Crippen molar-refractivity contribution < 1.29 is 4.79 Å². The monoisotopic (exact) mass is 281 g/mol. The number of amidine groups is 1. The summed E-state index contributed by atoms with van der Waals surface area (Å²) in [6.07, 6.45) is 5.49. The standard InChI is InChI=1S/C15H15N5O/c21-15(13-10-16-8-9-17-13)20-12-5-2-1-4-11(12)14-18-6-3-7-19-14/h1-2,4-5,8-10H,3,6-7H2,(H,18,19)(H,20,21). The number of anilines is 1. The van der Waals surface area contributed by atoms with E-state index >= 15 is 0 Å². The highest BCUT2D eigenvalue weighted by Crippen LogP contribution is 2.17. The molecule has 1 amide bonds. The molecule has 6 nitrogen and oxygen atoms in total. The zero-order valence-corrected chi connectivity index (χ0v) is 11.4. The van der Waals surface area contributed by atoms with Gasteiger partial charge >= 0.3 is 0 Å². The second-order valence-corrected chi connectivity index (χ2v) is 4.60. The SMILES string of the molecule is O=C(Nc1ccccc1C1=NCCCN1)c1cnccn1. The second kappa shape index (κ2) is 6.13. The van der Waals surface area contributed by atoms with E-state index in [4.69, 9.17) is 0 Å². The minimum Gasteiger partial charge on any atom is -0.370 e. The molecule has 0 saturated heterocycles. The molecular formula is C15H15N5O. The van der Waals surface area contributed by atoms with Gasteiger partial charge in [-0.05, 0) is 18.6 Å². The number of hydrogen-bond acceptors (Lipinski definition) is 5. The Morgan fingerprint density at radius 3 is 2.90 bits per heavy atom. The van der Waals surface area contributed by atoms with Gasteiger partial charge in [-0.15, -0.1) is 0 Å². The molecule has 0 aliphatic carbocycles. The van der Waals surface area contributed by atoms with Gasteiger partial charge in [0.15, 0.2) is 0 Å². The van der Waals surface area contributed by atoms with E-state index in [1.54, 1.807) is 0 Å². The van der Waals surface area contributed by atoms with Gasteiger partial charge in [-0.25, -0.2) is 4.98 Å². The topological polar surface area (TPSA) is 79.3 Å². The Bertz CT molecular complexity index is 669. The number of aromatic nitrogens is 2. The Labute approximate surface area is 122 Å². The van der Waals surface area contributed by atoms with Gasteiger partial charge < -0.3 is 10.6 Å². The molecule has 1 aromatic carbocycles. The summed E-state index contributed by atoms with van der Waals surface area (Å²) in [5.74, 6) is 0.531. The van der Waals surface area contributed by atoms with Gasteiger partial charge in [-0.2, -0.15) is 0 Å². The van der Waals surface area contributed by atoms with Gasteiger partial charge in [0.2, 0.25) is 0 Å². The Morgan fingerprint density at radius 1 is 1.24 bits per heavy atom. The maximum absolute atomic E-state index is 12.2. The molecule has 2 heterocycles. The molecule has 106 valence electrons. The fourth-order valence-electron chi connectivity index (χ4n) is 2.11. The number of nitrogens with zero attached hydrogens (tertiary/aromatic N) is 3. The van der Waals surface area contributed by atoms with Crippen LogP contribution in [0.4, 0.5) is 5.69 Å². The molecule has 0 spiro atoms. The summed E-state index contributed by atoms with van der Waals surface area (Å²) in [5.41, 5.74) is 1.88. The van der Waals surface area contributed by atoms with E-state index in [1.807, 2.05) is 24.3 Å². The van der Waals surface area contributed by atoms with Gasteiger partial charge in [0.25, 0.3) is 5.91 Å². The fraction of sp³-hybridized carbons (Fsp3) is 0.200. The van der Waals surface area contributed by atoms with Gasteiger partial charge in [0.05, 0.1) is 11.9 Å². The first-order chi connectivity index (χ1) is 10.3. The Morgan fingerprint density at radius 2 is 2.14 bits per heavy atom. The number of aliphatic imine (C=N–C) groups is 1. The van der Waals surface area contributed by atoms with E-state index in [0.717, 1.165) is 30.9 Å². The molecule has 0 radical (unpaired) electrons. The zero-order chi connectivity index (χ0) is 14.5. The van der Waals surface area contributed by atoms with Crippen LogP contribution in [0.2, 0.25) is 0 Å². The summed E-state index contributed by atoms with van der Waals surface area (Å²) in [4.78, 5) is 24.5. The van der Waals surface area contributed by atoms with Gasteiger partial charge in [-0.1, -0.05) is 12.1 Å². The van der Waals surface area contributed by atoms with Crippen LogP contribution >= 0.6 is 0 Å². The first-order valence-electron chi connectivity index (χ1n) is 6.80. The summed E-state index contributed by atoms with van der Waals surface area (Å²) in [5, 5.41) is 6.12. The van der Waals surface area contributed by atoms with Crippen LogP contribution in [0.25, 0.3) is 0 Å². The Hall–Kier alpha value is -2.76. The number of para-hydroxylation sites is 1. The van der Waals surface area contributed by atoms with E-state index in [2.05, 4.69) is 25.6 Å². The summed E-state index contributed by atoms with van der Waals surface area (Å²) in [6.45, 7) is 1.69. The number of amides is 1. The molecule has 1 aliphatic heterocycles. The van der Waals surface area contributed by atoms with E-state index in [9.17, 15) is 4.79 Å². The molecular weight excluding hydrogens is 266 g/mol. The van der Waals surface area contributed by atoms with Crippen molar-refractivity contribution in [1.82, 2.24) is 15.3 Å². The quantitative estimate of drug-likeness (QED) is 0.893. The molecule has 3 rings (SSSR count). The molecule has 0 atom stereocenters.